The zero-order chi connectivity index (χ0) is 8.01. The van der Waals surface area contributed by atoms with E-state index in [-0.39, 0.29) is 11.9 Å². The fourth-order valence-corrected chi connectivity index (χ4v) is 2.53. The van der Waals surface area contributed by atoms with E-state index in [1.54, 1.807) is 6.92 Å². The van der Waals surface area contributed by atoms with Crippen molar-refractivity contribution in [3.05, 3.63) is 0 Å². The highest BCUT2D eigenvalue weighted by atomic mass is 16.2. The largest absolute Gasteiger partial charge is 0.335 e. The molecule has 2 saturated heterocycles. The second kappa shape index (κ2) is 2.21. The van der Waals surface area contributed by atoms with Crippen LogP contribution in [0.3, 0.4) is 0 Å². The van der Waals surface area contributed by atoms with Crippen molar-refractivity contribution in [1.29, 1.82) is 0 Å². The van der Waals surface area contributed by atoms with Crippen LogP contribution in [0.15, 0.2) is 0 Å². The lowest BCUT2D eigenvalue weighted by Gasteiger charge is -2.20. The Kier molecular flexibility index (Phi) is 1.42. The Balaban J connectivity index is 2.19. The van der Waals surface area contributed by atoms with Gasteiger partial charge in [0.2, 0.25) is 5.91 Å². The maximum absolute atomic E-state index is 11.1. The number of hydrogen-bond donors (Lipinski definition) is 1. The van der Waals surface area contributed by atoms with Crippen molar-refractivity contribution >= 4 is 5.91 Å². The molecule has 2 bridgehead atoms. The van der Waals surface area contributed by atoms with Crippen LogP contribution in [0.1, 0.15) is 26.2 Å². The smallest absolute Gasteiger partial charge is 0.219 e. The number of carbonyl (C=O) groups excluding carboxylic acids is 1. The van der Waals surface area contributed by atoms with Crippen LogP contribution in [-0.2, 0) is 4.79 Å². The number of fused-ring (bicyclic) bond motifs is 2. The summed E-state index contributed by atoms with van der Waals surface area (Å²) < 4.78 is 0. The molecule has 0 radical (unpaired) electrons. The molecule has 1 amide bonds. The van der Waals surface area contributed by atoms with Crippen molar-refractivity contribution in [2.45, 2.75) is 44.3 Å². The first-order chi connectivity index (χ1) is 5.20. The van der Waals surface area contributed by atoms with Gasteiger partial charge in [0, 0.05) is 25.0 Å². The summed E-state index contributed by atoms with van der Waals surface area (Å²) >= 11 is 0. The Bertz CT molecular complexity index is 193. The van der Waals surface area contributed by atoms with Crippen molar-refractivity contribution in [3.63, 3.8) is 0 Å². The summed E-state index contributed by atoms with van der Waals surface area (Å²) in [5.41, 5.74) is 5.85. The average Bonchev–Trinajstić information content (AvgIpc) is 2.41. The highest BCUT2D eigenvalue weighted by Gasteiger charge is 2.45. The fraction of sp³-hybridized carbons (Fsp3) is 0.875. The molecule has 0 aromatic carbocycles. The summed E-state index contributed by atoms with van der Waals surface area (Å²) in [4.78, 5) is 13.1. The van der Waals surface area contributed by atoms with E-state index in [4.69, 9.17) is 5.73 Å². The molecule has 3 heteroatoms. The predicted octanol–water partition coefficient (Wildman–Crippen LogP) is 0.0969. The van der Waals surface area contributed by atoms with Crippen LogP contribution in [-0.4, -0.2) is 28.9 Å². The van der Waals surface area contributed by atoms with Crippen LogP contribution in [0.2, 0.25) is 0 Å². The third kappa shape index (κ3) is 0.872. The van der Waals surface area contributed by atoms with Crippen LogP contribution < -0.4 is 5.73 Å². The van der Waals surface area contributed by atoms with Crippen molar-refractivity contribution in [2.75, 3.05) is 0 Å². The lowest BCUT2D eigenvalue weighted by molar-refractivity contribution is -0.130. The van der Waals surface area contributed by atoms with Gasteiger partial charge >= 0.3 is 0 Å². The standard InChI is InChI=1S/C8H14N2O/c1-5(11)10-6-2-3-8(10)7(9)4-6/h6-8H,2-4,9H2,1H3. The molecule has 3 unspecified atom stereocenters. The topological polar surface area (TPSA) is 46.3 Å². The van der Waals surface area contributed by atoms with Gasteiger partial charge in [-0.05, 0) is 19.3 Å². The van der Waals surface area contributed by atoms with E-state index in [1.165, 1.54) is 0 Å². The van der Waals surface area contributed by atoms with Gasteiger partial charge in [-0.15, -0.1) is 0 Å². The molecule has 3 nitrogen and oxygen atoms in total. The van der Waals surface area contributed by atoms with Gasteiger partial charge in [-0.1, -0.05) is 0 Å². The van der Waals surface area contributed by atoms with E-state index in [0.717, 1.165) is 19.3 Å². The molecule has 0 saturated carbocycles. The monoisotopic (exact) mass is 154 g/mol. The van der Waals surface area contributed by atoms with Crippen LogP contribution in [0.5, 0.6) is 0 Å². The fourth-order valence-electron chi connectivity index (χ4n) is 2.53. The quantitative estimate of drug-likeness (QED) is 0.537. The maximum Gasteiger partial charge on any atom is 0.219 e. The van der Waals surface area contributed by atoms with E-state index in [2.05, 4.69) is 0 Å². The molecule has 3 atom stereocenters. The third-order valence-electron chi connectivity index (χ3n) is 2.95. The van der Waals surface area contributed by atoms with Gasteiger partial charge in [-0.3, -0.25) is 4.79 Å². The summed E-state index contributed by atoms with van der Waals surface area (Å²) in [6.07, 6.45) is 3.30. The summed E-state index contributed by atoms with van der Waals surface area (Å²) in [5.74, 6) is 0.199. The molecular formula is C8H14N2O. The van der Waals surface area contributed by atoms with Gasteiger partial charge in [-0.2, -0.15) is 0 Å². The van der Waals surface area contributed by atoms with Crippen LogP contribution in [0.4, 0.5) is 0 Å². The number of hydrogen-bond acceptors (Lipinski definition) is 2. The van der Waals surface area contributed by atoms with Crippen LogP contribution in [0, 0.1) is 0 Å². The predicted molar refractivity (Wildman–Crippen MR) is 41.9 cm³/mol. The summed E-state index contributed by atoms with van der Waals surface area (Å²) in [7, 11) is 0. The molecule has 62 valence electrons. The van der Waals surface area contributed by atoms with E-state index in [0.29, 0.717) is 12.1 Å². The maximum atomic E-state index is 11.1. The molecule has 0 aromatic rings. The Morgan fingerprint density at radius 3 is 2.55 bits per heavy atom. The minimum Gasteiger partial charge on any atom is -0.335 e. The summed E-state index contributed by atoms with van der Waals surface area (Å²) in [6, 6.07) is 1.07. The second-order valence-electron chi connectivity index (χ2n) is 3.62. The van der Waals surface area contributed by atoms with Gasteiger partial charge in [0.15, 0.2) is 0 Å². The Hall–Kier alpha value is -0.570. The van der Waals surface area contributed by atoms with Gasteiger partial charge < -0.3 is 10.6 Å². The molecule has 2 aliphatic heterocycles. The molecule has 0 aliphatic carbocycles. The molecule has 11 heavy (non-hydrogen) atoms. The van der Waals surface area contributed by atoms with Gasteiger partial charge in [0.25, 0.3) is 0 Å². The minimum absolute atomic E-state index is 0.199. The molecule has 0 aromatic heterocycles. The van der Waals surface area contributed by atoms with E-state index >= 15 is 0 Å². The van der Waals surface area contributed by atoms with Crippen molar-refractivity contribution in [2.24, 2.45) is 5.73 Å². The number of amides is 1. The molecule has 2 aliphatic rings. The first kappa shape index (κ1) is 7.10. The SMILES string of the molecule is CC(=O)N1C2CCC1C(N)C2. The molecule has 2 fully saturated rings. The molecule has 2 N–H and O–H groups in total. The number of nitrogens with zero attached hydrogens (tertiary/aromatic N) is 1. The Labute approximate surface area is 66.5 Å². The Morgan fingerprint density at radius 2 is 2.27 bits per heavy atom. The van der Waals surface area contributed by atoms with Gasteiger partial charge in [0.1, 0.15) is 0 Å². The molecule has 2 rings (SSSR count). The lowest BCUT2D eigenvalue weighted by atomic mass is 9.97. The third-order valence-corrected chi connectivity index (χ3v) is 2.95. The Morgan fingerprint density at radius 1 is 1.55 bits per heavy atom. The first-order valence-electron chi connectivity index (χ1n) is 4.24. The second-order valence-corrected chi connectivity index (χ2v) is 3.62. The summed E-state index contributed by atoms with van der Waals surface area (Å²) in [5, 5.41) is 0. The molecular weight excluding hydrogens is 140 g/mol. The molecule has 2 heterocycles. The van der Waals surface area contributed by atoms with Crippen molar-refractivity contribution in [1.82, 2.24) is 4.90 Å². The first-order valence-corrected chi connectivity index (χ1v) is 4.24. The average molecular weight is 154 g/mol. The van der Waals surface area contributed by atoms with Crippen molar-refractivity contribution in [3.8, 4) is 0 Å². The zero-order valence-electron chi connectivity index (χ0n) is 6.79. The van der Waals surface area contributed by atoms with Crippen LogP contribution in [0.25, 0.3) is 0 Å². The van der Waals surface area contributed by atoms with Gasteiger partial charge in [-0.25, -0.2) is 0 Å². The van der Waals surface area contributed by atoms with E-state index in [9.17, 15) is 4.79 Å². The summed E-state index contributed by atoms with van der Waals surface area (Å²) in [6.45, 7) is 1.64. The highest BCUT2D eigenvalue weighted by Crippen LogP contribution is 2.36. The number of nitrogens with two attached hydrogens (primary N) is 1. The highest BCUT2D eigenvalue weighted by molar-refractivity contribution is 5.75. The normalized spacial score (nSPS) is 41.6. The van der Waals surface area contributed by atoms with E-state index < -0.39 is 0 Å². The van der Waals surface area contributed by atoms with E-state index in [1.807, 2.05) is 4.90 Å². The number of carbonyl (C=O) groups is 1. The van der Waals surface area contributed by atoms with Crippen molar-refractivity contribution < 1.29 is 4.79 Å². The number of rotatable bonds is 0. The lowest BCUT2D eigenvalue weighted by Crippen LogP contribution is -2.39. The van der Waals surface area contributed by atoms with Crippen LogP contribution >= 0.6 is 0 Å². The zero-order valence-corrected chi connectivity index (χ0v) is 6.79. The van der Waals surface area contributed by atoms with Gasteiger partial charge in [0.05, 0.1) is 0 Å². The minimum atomic E-state index is 0.199. The molecule has 0 spiro atoms.